The third-order valence-electron chi connectivity index (χ3n) is 15.9. The van der Waals surface area contributed by atoms with E-state index < -0.39 is 24.3 Å². The highest BCUT2D eigenvalue weighted by Crippen LogP contribution is 2.50. The molecule has 2 aliphatic carbocycles. The van der Waals surface area contributed by atoms with Gasteiger partial charge in [-0.25, -0.2) is 19.6 Å². The van der Waals surface area contributed by atoms with Crippen LogP contribution >= 0.6 is 0 Å². The standard InChI is InChI=1S/C51H60N8O8/c1-26(2)43(56-50(62)64-3)48(60)58-38-9-5-7-30(38)21-40(58)46-52-24-37(54-46)29-11-13-33-32(19-29)25-67-42-23-34-28(20-35(33)42)12-14-36-45(34)55-47(53-36)41-22-31-8-6-10-39(31)59(41)49(61)44(57-51(63)65-4)27-15-17-66-18-16-27/h11-14,19-20,23-24,26-27,30-31,38-41,43-44H,5-10,15-18,21-22,25H2,1-4H3,(H,52,54)(H,53,55)(H,56,62)(H,57,63)/t30-,31-,38-,39-,40?,41?,43-,44-/m0/s1. The van der Waals surface area contributed by atoms with E-state index in [2.05, 4.69) is 63.1 Å². The number of carbonyl (C=O) groups is 4. The van der Waals surface area contributed by atoms with Crippen LogP contribution in [0.25, 0.3) is 44.2 Å². The molecule has 11 rings (SSSR count). The monoisotopic (exact) mass is 912 g/mol. The van der Waals surface area contributed by atoms with Crippen molar-refractivity contribution in [2.24, 2.45) is 23.7 Å². The molecule has 4 amide bonds. The Morgan fingerprint density at radius 2 is 1.48 bits per heavy atom. The molecule has 5 fully saturated rings. The zero-order valence-corrected chi connectivity index (χ0v) is 38.6. The normalized spacial score (nSPS) is 25.3. The lowest BCUT2D eigenvalue weighted by Gasteiger charge is -2.36. The van der Waals surface area contributed by atoms with Crippen molar-refractivity contribution in [3.8, 4) is 28.1 Å². The molecule has 0 spiro atoms. The lowest BCUT2D eigenvalue weighted by molar-refractivity contribution is -0.139. The Labute approximate surface area is 389 Å². The maximum absolute atomic E-state index is 14.7. The Kier molecular flexibility index (Phi) is 11.3. The number of hydrogen-bond acceptors (Lipinski definition) is 10. The number of alkyl carbamates (subject to hydrolysis) is 2. The number of ether oxygens (including phenoxy) is 4. The van der Waals surface area contributed by atoms with Crippen molar-refractivity contribution in [1.29, 1.82) is 0 Å². The van der Waals surface area contributed by atoms with Crippen LogP contribution in [0.5, 0.6) is 5.75 Å². The van der Waals surface area contributed by atoms with E-state index in [1.807, 2.05) is 29.8 Å². The smallest absolute Gasteiger partial charge is 0.407 e. The van der Waals surface area contributed by atoms with E-state index in [4.69, 9.17) is 28.9 Å². The predicted octanol–water partition coefficient (Wildman–Crippen LogP) is 8.08. The summed E-state index contributed by atoms with van der Waals surface area (Å²) in [6.07, 6.45) is 9.84. The fraction of sp³-hybridized carbons (Fsp3) is 0.529. The SMILES string of the molecule is COC(=O)N[C@H](C(=O)N1C(c2ncc(-c3ccc4c(c3)COc3cc5c(ccc6[nH]c(C7C[C@@H]8CCC[C@@H]8N7C(=O)[C@@H](NC(=O)OC)C7CCOCC7)nc65)cc3-4)[nH]2)C[C@@H]2CCC[C@@H]21)C(C)C. The molecule has 6 heterocycles. The molecule has 3 saturated heterocycles. The Morgan fingerprint density at radius 3 is 2.19 bits per heavy atom. The number of amides is 4. The summed E-state index contributed by atoms with van der Waals surface area (Å²) in [6.45, 7) is 5.38. The van der Waals surface area contributed by atoms with Crippen molar-refractivity contribution in [2.45, 2.75) is 121 Å². The maximum Gasteiger partial charge on any atom is 0.407 e. The van der Waals surface area contributed by atoms with Crippen molar-refractivity contribution in [1.82, 2.24) is 40.4 Å². The number of carbonyl (C=O) groups excluding carboxylic acids is 4. The van der Waals surface area contributed by atoms with Crippen LogP contribution in [0.3, 0.4) is 0 Å². The summed E-state index contributed by atoms with van der Waals surface area (Å²) >= 11 is 0. The van der Waals surface area contributed by atoms with Crippen molar-refractivity contribution in [3.63, 3.8) is 0 Å². The van der Waals surface area contributed by atoms with Gasteiger partial charge in [0.15, 0.2) is 0 Å². The number of likely N-dealkylation sites (tertiary alicyclic amines) is 2. The number of hydrogen-bond donors (Lipinski definition) is 4. The first-order valence-electron chi connectivity index (χ1n) is 24.3. The molecule has 16 nitrogen and oxygen atoms in total. The first kappa shape index (κ1) is 43.4. The van der Waals surface area contributed by atoms with Gasteiger partial charge in [0.05, 0.1) is 49.2 Å². The number of nitrogens with one attached hydrogen (secondary N) is 4. The van der Waals surface area contributed by atoms with Crippen LogP contribution in [0.4, 0.5) is 9.59 Å². The molecule has 0 radical (unpaired) electrons. The van der Waals surface area contributed by atoms with Crippen LogP contribution < -0.4 is 15.4 Å². The zero-order chi connectivity index (χ0) is 46.1. The van der Waals surface area contributed by atoms with Gasteiger partial charge in [0, 0.05) is 36.2 Å². The van der Waals surface area contributed by atoms with Crippen molar-refractivity contribution >= 4 is 45.8 Å². The molecule has 4 N–H and O–H groups in total. The molecule has 3 aromatic carbocycles. The molecule has 352 valence electrons. The fourth-order valence-electron chi connectivity index (χ4n) is 12.6. The number of nitrogens with zero attached hydrogens (tertiary/aromatic N) is 4. The Morgan fingerprint density at radius 1 is 0.776 bits per heavy atom. The largest absolute Gasteiger partial charge is 0.488 e. The molecular weight excluding hydrogens is 853 g/mol. The maximum atomic E-state index is 14.7. The van der Waals surface area contributed by atoms with Gasteiger partial charge in [-0.3, -0.25) is 9.59 Å². The molecule has 5 aromatic rings. The summed E-state index contributed by atoms with van der Waals surface area (Å²) in [4.78, 5) is 75.3. The molecule has 2 unspecified atom stereocenters. The van der Waals surface area contributed by atoms with E-state index in [9.17, 15) is 19.2 Å². The van der Waals surface area contributed by atoms with Gasteiger partial charge in [-0.2, -0.15) is 0 Å². The van der Waals surface area contributed by atoms with Crippen LogP contribution in [0.1, 0.15) is 107 Å². The number of H-pyrrole nitrogens is 2. The lowest BCUT2D eigenvalue weighted by Crippen LogP contribution is -2.55. The first-order valence-corrected chi connectivity index (χ1v) is 24.3. The molecule has 4 aliphatic heterocycles. The Bertz CT molecular complexity index is 2740. The second-order valence-corrected chi connectivity index (χ2v) is 19.9. The summed E-state index contributed by atoms with van der Waals surface area (Å²) < 4.78 is 22.0. The fourth-order valence-corrected chi connectivity index (χ4v) is 12.6. The second kappa shape index (κ2) is 17.5. The third kappa shape index (κ3) is 7.64. The average molecular weight is 913 g/mol. The first-order chi connectivity index (χ1) is 32.6. The minimum absolute atomic E-state index is 0.0449. The molecule has 8 atom stereocenters. The number of methoxy groups -OCH3 is 2. The molecule has 0 bridgehead atoms. The minimum atomic E-state index is -0.704. The summed E-state index contributed by atoms with van der Waals surface area (Å²) in [5, 5.41) is 7.71. The van der Waals surface area contributed by atoms with Crippen molar-refractivity contribution in [3.05, 3.63) is 65.9 Å². The van der Waals surface area contributed by atoms with Crippen LogP contribution in [0.15, 0.2) is 48.7 Å². The van der Waals surface area contributed by atoms with Gasteiger partial charge in [0.1, 0.15) is 36.1 Å². The van der Waals surface area contributed by atoms with E-state index in [0.29, 0.717) is 44.5 Å². The van der Waals surface area contributed by atoms with E-state index in [1.165, 1.54) is 14.2 Å². The van der Waals surface area contributed by atoms with E-state index in [1.54, 1.807) is 0 Å². The molecule has 2 aromatic heterocycles. The zero-order valence-electron chi connectivity index (χ0n) is 38.6. The highest BCUT2D eigenvalue weighted by Gasteiger charge is 2.51. The van der Waals surface area contributed by atoms with E-state index in [-0.39, 0.29) is 47.8 Å². The van der Waals surface area contributed by atoms with Gasteiger partial charge in [0.2, 0.25) is 11.8 Å². The summed E-state index contributed by atoms with van der Waals surface area (Å²) in [6, 6.07) is 13.2. The minimum Gasteiger partial charge on any atom is -0.488 e. The number of aromatic amines is 2. The van der Waals surface area contributed by atoms with Crippen molar-refractivity contribution < 1.29 is 38.1 Å². The van der Waals surface area contributed by atoms with Gasteiger partial charge in [-0.1, -0.05) is 44.9 Å². The summed E-state index contributed by atoms with van der Waals surface area (Å²) in [5.74, 6) is 2.74. The molecule has 2 saturated carbocycles. The van der Waals surface area contributed by atoms with Gasteiger partial charge >= 0.3 is 12.2 Å². The number of benzene rings is 3. The quantitative estimate of drug-likeness (QED) is 0.112. The van der Waals surface area contributed by atoms with Gasteiger partial charge in [0.25, 0.3) is 0 Å². The molecule has 67 heavy (non-hydrogen) atoms. The molecule has 16 heteroatoms. The lowest BCUT2D eigenvalue weighted by atomic mass is 9.90. The van der Waals surface area contributed by atoms with Crippen molar-refractivity contribution in [2.75, 3.05) is 27.4 Å². The Hall–Kier alpha value is -6.16. The van der Waals surface area contributed by atoms with E-state index in [0.717, 1.165) is 119 Å². The van der Waals surface area contributed by atoms with Crippen LogP contribution in [-0.2, 0) is 30.4 Å². The van der Waals surface area contributed by atoms with Crippen LogP contribution in [0.2, 0.25) is 0 Å². The summed E-state index contributed by atoms with van der Waals surface area (Å²) in [7, 11) is 2.65. The number of aromatic nitrogens is 4. The molecular formula is C51H60N8O8. The second-order valence-electron chi connectivity index (χ2n) is 19.9. The topological polar surface area (TPSA) is 193 Å². The van der Waals surface area contributed by atoms with Gasteiger partial charge in [-0.05, 0) is 121 Å². The third-order valence-corrected chi connectivity index (χ3v) is 15.9. The number of imidazole rings is 2. The highest BCUT2D eigenvalue weighted by molar-refractivity contribution is 6.07. The van der Waals surface area contributed by atoms with Crippen LogP contribution in [-0.4, -0.2) is 105 Å². The molecule has 6 aliphatic rings. The Balaban J connectivity index is 0.863. The predicted molar refractivity (Wildman–Crippen MR) is 249 cm³/mol. The number of fused-ring (bicyclic) bond motifs is 8. The van der Waals surface area contributed by atoms with Gasteiger partial charge in [-0.15, -0.1) is 0 Å². The van der Waals surface area contributed by atoms with Crippen LogP contribution in [0, 0.1) is 23.7 Å². The average Bonchev–Trinajstić information content (AvgIpc) is 4.21. The van der Waals surface area contributed by atoms with E-state index >= 15 is 0 Å². The number of rotatable bonds is 9. The highest BCUT2D eigenvalue weighted by atomic mass is 16.5. The van der Waals surface area contributed by atoms with Gasteiger partial charge < -0.3 is 49.3 Å². The summed E-state index contributed by atoms with van der Waals surface area (Å²) in [5.41, 5.74) is 6.72.